The molecule has 0 spiro atoms. The predicted molar refractivity (Wildman–Crippen MR) is 127 cm³/mol. The van der Waals surface area contributed by atoms with Crippen LogP contribution in [-0.4, -0.2) is 82.4 Å². The Balaban J connectivity index is 1.41. The van der Waals surface area contributed by atoms with Crippen molar-refractivity contribution < 1.29 is 9.53 Å². The van der Waals surface area contributed by atoms with E-state index in [1.807, 2.05) is 61.3 Å². The van der Waals surface area contributed by atoms with Gasteiger partial charge in [0, 0.05) is 13.1 Å². The molecule has 4 rings (SSSR count). The first kappa shape index (κ1) is 21.8. The van der Waals surface area contributed by atoms with E-state index in [0.29, 0.717) is 5.70 Å². The molecule has 0 radical (unpaired) electrons. The molecule has 1 N–H and O–H groups in total. The summed E-state index contributed by atoms with van der Waals surface area (Å²) in [6.45, 7) is 7.61. The Morgan fingerprint density at radius 1 is 1.06 bits per heavy atom. The molecule has 6 nitrogen and oxygen atoms in total. The van der Waals surface area contributed by atoms with E-state index < -0.39 is 0 Å². The molecule has 7 heteroatoms. The van der Waals surface area contributed by atoms with Gasteiger partial charge in [0.25, 0.3) is 0 Å². The van der Waals surface area contributed by atoms with Crippen LogP contribution in [0.25, 0.3) is 6.08 Å². The summed E-state index contributed by atoms with van der Waals surface area (Å²) < 4.78 is 6.17. The van der Waals surface area contributed by atoms with Crippen molar-refractivity contribution in [3.05, 3.63) is 65.4 Å². The number of nitrogens with zero attached hydrogens (tertiary/aromatic N) is 3. The number of likely N-dealkylation sites (N-methyl/N-ethyl adjacent to an activating group) is 1. The Morgan fingerprint density at radius 3 is 2.42 bits per heavy atom. The van der Waals surface area contributed by atoms with Crippen LogP contribution in [0.1, 0.15) is 11.1 Å². The molecule has 2 aromatic rings. The Labute approximate surface area is 191 Å². The average molecular weight is 483 g/mol. The van der Waals surface area contributed by atoms with Crippen molar-refractivity contribution in [3.8, 4) is 0 Å². The van der Waals surface area contributed by atoms with Crippen LogP contribution in [0.15, 0.2) is 54.2 Å². The number of hydrogen-bond acceptors (Lipinski definition) is 5. The molecule has 2 aliphatic heterocycles. The van der Waals surface area contributed by atoms with Gasteiger partial charge in [0.1, 0.15) is 0 Å². The summed E-state index contributed by atoms with van der Waals surface area (Å²) in [5.41, 5.74) is 4.74. The van der Waals surface area contributed by atoms with Crippen molar-refractivity contribution in [2.75, 3.05) is 56.7 Å². The number of morpholine rings is 1. The fourth-order valence-corrected chi connectivity index (χ4v) is 4.32. The number of carbonyl (C=O) groups excluding carboxylic acids is 1. The van der Waals surface area contributed by atoms with Gasteiger partial charge in [-0.2, -0.15) is 0 Å². The van der Waals surface area contributed by atoms with Gasteiger partial charge in [-0.25, -0.2) is 0 Å². The average Bonchev–Trinajstić information content (AvgIpc) is 2.99. The number of amides is 1. The molecule has 0 unspecified atom stereocenters. The second-order valence-corrected chi connectivity index (χ2v) is 8.62. The molecule has 2 fully saturated rings. The number of ether oxygens (including phenoxy) is 1. The number of anilines is 2. The van der Waals surface area contributed by atoms with Gasteiger partial charge < -0.3 is 4.74 Å². The first-order chi connectivity index (χ1) is 15.0. The molecule has 162 valence electrons. The zero-order valence-corrected chi connectivity index (χ0v) is 19.7. The summed E-state index contributed by atoms with van der Waals surface area (Å²) in [7, 11) is 1.91. The molecule has 0 aliphatic carbocycles. The molecular formula is C24H28N4O2Se. The molecular weight excluding hydrogens is 455 g/mol. The van der Waals surface area contributed by atoms with E-state index in [4.69, 9.17) is 4.74 Å². The Bertz CT molecular complexity index is 966. The van der Waals surface area contributed by atoms with Gasteiger partial charge in [-0.3, -0.25) is 0 Å². The van der Waals surface area contributed by atoms with Crippen LogP contribution in [-0.2, 0) is 9.53 Å². The second-order valence-electron chi connectivity index (χ2n) is 7.85. The molecule has 31 heavy (non-hydrogen) atoms. The summed E-state index contributed by atoms with van der Waals surface area (Å²) >= 11 is 3.04. The summed E-state index contributed by atoms with van der Waals surface area (Å²) in [4.78, 5) is 19.1. The van der Waals surface area contributed by atoms with Crippen molar-refractivity contribution in [2.45, 2.75) is 6.92 Å². The van der Waals surface area contributed by atoms with Gasteiger partial charge >= 0.3 is 161 Å². The Morgan fingerprint density at radius 2 is 1.74 bits per heavy atom. The van der Waals surface area contributed by atoms with Crippen LogP contribution in [0.3, 0.4) is 0 Å². The standard InChI is InChI=1S/C24H28N4O2Se/c1-18-3-9-21(10-4-18)28-23(29)22(26(2)24(28)31)17-19-5-7-20(8-6-19)25-11-12-27-13-15-30-16-14-27/h3-10,17,25H,11-16H2,1-2H3/b22-17+. The van der Waals surface area contributed by atoms with E-state index in [0.717, 1.165) is 61.0 Å². The topological polar surface area (TPSA) is 48.1 Å². The molecule has 0 aromatic heterocycles. The molecule has 2 saturated heterocycles. The quantitative estimate of drug-likeness (QED) is 0.505. The minimum atomic E-state index is -0.0344. The number of aryl methyl sites for hydroxylation is 1. The monoisotopic (exact) mass is 484 g/mol. The SMILES string of the molecule is Cc1ccc(N2C(=O)/C(=C\c3ccc(NCCN4CCOCC4)cc3)N(C)C2=[Se])cc1. The van der Waals surface area contributed by atoms with Crippen LogP contribution < -0.4 is 10.2 Å². The van der Waals surface area contributed by atoms with Crippen LogP contribution in [0, 0.1) is 6.92 Å². The van der Waals surface area contributed by atoms with Gasteiger partial charge in [0.15, 0.2) is 0 Å². The molecule has 1 amide bonds. The number of hydrogen-bond donors (Lipinski definition) is 1. The maximum absolute atomic E-state index is 13.1. The number of carbonyl (C=O) groups is 1. The van der Waals surface area contributed by atoms with Crippen LogP contribution in [0.5, 0.6) is 0 Å². The van der Waals surface area contributed by atoms with Crippen molar-refractivity contribution >= 4 is 43.6 Å². The number of benzene rings is 2. The Hall–Kier alpha value is -2.44. The van der Waals surface area contributed by atoms with Crippen molar-refractivity contribution in [1.82, 2.24) is 9.80 Å². The van der Waals surface area contributed by atoms with Gasteiger partial charge in [-0.15, -0.1) is 0 Å². The van der Waals surface area contributed by atoms with Gasteiger partial charge in [0.2, 0.25) is 0 Å². The van der Waals surface area contributed by atoms with Crippen LogP contribution in [0.4, 0.5) is 11.4 Å². The molecule has 2 aliphatic rings. The second kappa shape index (κ2) is 9.79. The minimum absolute atomic E-state index is 0.0344. The van der Waals surface area contributed by atoms with E-state index in [2.05, 4.69) is 37.9 Å². The van der Waals surface area contributed by atoms with Crippen molar-refractivity contribution in [2.24, 2.45) is 0 Å². The summed E-state index contributed by atoms with van der Waals surface area (Å²) in [5.74, 6) is -0.0344. The molecule has 2 heterocycles. The van der Waals surface area contributed by atoms with Crippen molar-refractivity contribution in [1.29, 1.82) is 0 Å². The summed E-state index contributed by atoms with van der Waals surface area (Å²) in [6.07, 6.45) is 1.94. The third-order valence-corrected chi connectivity index (χ3v) is 6.59. The first-order valence-electron chi connectivity index (χ1n) is 10.6. The third-order valence-electron chi connectivity index (χ3n) is 5.63. The maximum atomic E-state index is 13.1. The van der Waals surface area contributed by atoms with E-state index >= 15 is 0 Å². The van der Waals surface area contributed by atoms with Crippen molar-refractivity contribution in [3.63, 3.8) is 0 Å². The predicted octanol–water partition coefficient (Wildman–Crippen LogP) is 2.31. The van der Waals surface area contributed by atoms with Crippen LogP contribution in [0.2, 0.25) is 0 Å². The fourth-order valence-electron chi connectivity index (χ4n) is 3.72. The van der Waals surface area contributed by atoms with E-state index in [1.165, 1.54) is 5.56 Å². The first-order valence-corrected chi connectivity index (χ1v) is 11.4. The molecule has 0 atom stereocenters. The number of nitrogens with one attached hydrogen (secondary N) is 1. The normalized spacial score (nSPS) is 18.8. The fraction of sp³-hybridized carbons (Fsp3) is 0.333. The van der Waals surface area contributed by atoms with Gasteiger partial charge in [0.05, 0.1) is 13.2 Å². The van der Waals surface area contributed by atoms with Crippen LogP contribution >= 0.6 is 0 Å². The van der Waals surface area contributed by atoms with Gasteiger partial charge in [-0.05, 0) is 0 Å². The third kappa shape index (κ3) is 5.08. The number of rotatable bonds is 6. The van der Waals surface area contributed by atoms with E-state index in [1.54, 1.807) is 4.90 Å². The van der Waals surface area contributed by atoms with E-state index in [9.17, 15) is 4.79 Å². The molecule has 2 aromatic carbocycles. The zero-order chi connectivity index (χ0) is 21.8. The summed E-state index contributed by atoms with van der Waals surface area (Å²) in [6, 6.07) is 16.2. The molecule has 0 saturated carbocycles. The Kier molecular flexibility index (Phi) is 6.88. The summed E-state index contributed by atoms with van der Waals surface area (Å²) in [5, 5.41) is 3.47. The zero-order valence-electron chi connectivity index (χ0n) is 18.0. The van der Waals surface area contributed by atoms with Gasteiger partial charge in [-0.1, -0.05) is 0 Å². The van der Waals surface area contributed by atoms with E-state index in [-0.39, 0.29) is 5.91 Å². The molecule has 0 bridgehead atoms.